The lowest BCUT2D eigenvalue weighted by Gasteiger charge is -2.37. The molecule has 0 aromatic heterocycles. The summed E-state index contributed by atoms with van der Waals surface area (Å²) < 4.78 is 5.22. The van der Waals surface area contributed by atoms with Gasteiger partial charge in [0.2, 0.25) is 11.8 Å². The van der Waals surface area contributed by atoms with Crippen molar-refractivity contribution in [1.29, 1.82) is 0 Å². The summed E-state index contributed by atoms with van der Waals surface area (Å²) >= 11 is 5.97. The van der Waals surface area contributed by atoms with Crippen LogP contribution in [-0.2, 0) is 9.59 Å². The molecule has 0 bridgehead atoms. The Morgan fingerprint density at radius 2 is 2.23 bits per heavy atom. The van der Waals surface area contributed by atoms with Crippen LogP contribution in [0.3, 0.4) is 0 Å². The van der Waals surface area contributed by atoms with Gasteiger partial charge in [-0.05, 0) is 43.5 Å². The van der Waals surface area contributed by atoms with E-state index in [1.165, 1.54) is 13.5 Å². The predicted molar refractivity (Wildman–Crippen MR) is 102 cm³/mol. The van der Waals surface area contributed by atoms with Crippen molar-refractivity contribution in [3.05, 3.63) is 23.2 Å². The molecular formula is C19H26ClN3O3. The quantitative estimate of drug-likeness (QED) is 0.709. The van der Waals surface area contributed by atoms with E-state index in [1.54, 1.807) is 18.2 Å². The van der Waals surface area contributed by atoms with E-state index < -0.39 is 0 Å². The summed E-state index contributed by atoms with van der Waals surface area (Å²) in [7, 11) is 1.54. The Morgan fingerprint density at radius 3 is 3.04 bits per heavy atom. The number of anilines is 1. The average Bonchev–Trinajstić information content (AvgIpc) is 3.07. The number of fused-ring (bicyclic) bond motifs is 1. The molecule has 3 rings (SSSR count). The van der Waals surface area contributed by atoms with Crippen molar-refractivity contribution in [2.24, 2.45) is 11.3 Å². The predicted octanol–water partition coefficient (Wildman–Crippen LogP) is 2.57. The topological polar surface area (TPSA) is 79.5 Å². The highest BCUT2D eigenvalue weighted by Gasteiger charge is 2.49. The van der Waals surface area contributed by atoms with E-state index >= 15 is 0 Å². The smallest absolute Gasteiger partial charge is 0.227 e. The largest absolute Gasteiger partial charge is 0.495 e. The SMILES string of the molecule is COc1ccc(Cl)cc1NC(=O)CCNC(=O)[C@@]12CCCC[C@H]1CNC2. The number of ether oxygens (including phenoxy) is 1. The second-order valence-corrected chi connectivity index (χ2v) is 7.56. The zero-order chi connectivity index (χ0) is 18.6. The average molecular weight is 380 g/mol. The molecule has 2 fully saturated rings. The molecule has 0 unspecified atom stereocenters. The third-order valence-electron chi connectivity index (χ3n) is 5.56. The molecule has 7 heteroatoms. The van der Waals surface area contributed by atoms with Gasteiger partial charge in [0, 0.05) is 24.5 Å². The van der Waals surface area contributed by atoms with Gasteiger partial charge < -0.3 is 20.7 Å². The van der Waals surface area contributed by atoms with Crippen LogP contribution in [0.2, 0.25) is 5.02 Å². The third kappa shape index (κ3) is 3.96. The number of nitrogens with one attached hydrogen (secondary N) is 3. The lowest BCUT2D eigenvalue weighted by atomic mass is 9.67. The minimum Gasteiger partial charge on any atom is -0.495 e. The fourth-order valence-electron chi connectivity index (χ4n) is 4.15. The van der Waals surface area contributed by atoms with E-state index in [2.05, 4.69) is 16.0 Å². The molecule has 1 aliphatic heterocycles. The zero-order valence-corrected chi connectivity index (χ0v) is 15.8. The van der Waals surface area contributed by atoms with Crippen LogP contribution in [0.5, 0.6) is 5.75 Å². The van der Waals surface area contributed by atoms with Crippen molar-refractivity contribution in [3.63, 3.8) is 0 Å². The summed E-state index contributed by atoms with van der Waals surface area (Å²) in [5.74, 6) is 0.863. The lowest BCUT2D eigenvalue weighted by molar-refractivity contribution is -0.134. The number of methoxy groups -OCH3 is 1. The van der Waals surface area contributed by atoms with E-state index in [0.29, 0.717) is 28.9 Å². The minimum absolute atomic E-state index is 0.0836. The molecule has 1 saturated carbocycles. The number of carbonyl (C=O) groups is 2. The molecule has 1 aromatic rings. The van der Waals surface area contributed by atoms with E-state index in [9.17, 15) is 9.59 Å². The van der Waals surface area contributed by atoms with Crippen LogP contribution in [-0.4, -0.2) is 38.6 Å². The fourth-order valence-corrected chi connectivity index (χ4v) is 4.32. The number of halogens is 1. The normalized spacial score (nSPS) is 24.6. The highest BCUT2D eigenvalue weighted by Crippen LogP contribution is 2.43. The Hall–Kier alpha value is -1.79. The molecule has 1 heterocycles. The van der Waals surface area contributed by atoms with Crippen LogP contribution < -0.4 is 20.7 Å². The highest BCUT2D eigenvalue weighted by molar-refractivity contribution is 6.31. The molecule has 3 N–H and O–H groups in total. The Kier molecular flexibility index (Phi) is 6.04. The second kappa shape index (κ2) is 8.27. The Morgan fingerprint density at radius 1 is 1.38 bits per heavy atom. The van der Waals surface area contributed by atoms with Gasteiger partial charge in [-0.1, -0.05) is 24.4 Å². The van der Waals surface area contributed by atoms with Gasteiger partial charge in [0.1, 0.15) is 5.75 Å². The van der Waals surface area contributed by atoms with E-state index in [4.69, 9.17) is 16.3 Å². The van der Waals surface area contributed by atoms with Gasteiger partial charge in [-0.15, -0.1) is 0 Å². The Balaban J connectivity index is 1.51. The van der Waals surface area contributed by atoms with E-state index in [-0.39, 0.29) is 23.7 Å². The van der Waals surface area contributed by atoms with Crippen LogP contribution in [0, 0.1) is 11.3 Å². The van der Waals surface area contributed by atoms with E-state index in [0.717, 1.165) is 32.4 Å². The van der Waals surface area contributed by atoms with Crippen molar-refractivity contribution < 1.29 is 14.3 Å². The highest BCUT2D eigenvalue weighted by atomic mass is 35.5. The van der Waals surface area contributed by atoms with Gasteiger partial charge in [0.25, 0.3) is 0 Å². The maximum Gasteiger partial charge on any atom is 0.227 e. The first-order valence-corrected chi connectivity index (χ1v) is 9.55. The van der Waals surface area contributed by atoms with Crippen molar-refractivity contribution in [1.82, 2.24) is 10.6 Å². The molecule has 0 radical (unpaired) electrons. The molecule has 142 valence electrons. The van der Waals surface area contributed by atoms with Crippen LogP contribution in [0.25, 0.3) is 0 Å². The maximum atomic E-state index is 12.8. The summed E-state index contributed by atoms with van der Waals surface area (Å²) in [6.07, 6.45) is 4.54. The minimum atomic E-state index is -0.287. The third-order valence-corrected chi connectivity index (χ3v) is 5.80. The molecule has 0 spiro atoms. The van der Waals surface area contributed by atoms with Crippen LogP contribution >= 0.6 is 11.6 Å². The van der Waals surface area contributed by atoms with Crippen molar-refractivity contribution >= 4 is 29.1 Å². The first-order valence-electron chi connectivity index (χ1n) is 9.17. The first kappa shape index (κ1) is 19.0. The Labute approximate surface area is 159 Å². The number of carbonyl (C=O) groups excluding carboxylic acids is 2. The van der Waals surface area contributed by atoms with Crippen molar-refractivity contribution in [3.8, 4) is 5.75 Å². The Bertz CT molecular complexity index is 682. The van der Waals surface area contributed by atoms with Gasteiger partial charge >= 0.3 is 0 Å². The van der Waals surface area contributed by atoms with Gasteiger partial charge in [0.15, 0.2) is 0 Å². The van der Waals surface area contributed by atoms with Gasteiger partial charge in [0.05, 0.1) is 18.2 Å². The van der Waals surface area contributed by atoms with Crippen molar-refractivity contribution in [2.45, 2.75) is 32.1 Å². The van der Waals surface area contributed by atoms with E-state index in [1.807, 2.05) is 0 Å². The summed E-state index contributed by atoms with van der Waals surface area (Å²) in [6.45, 7) is 1.99. The molecule has 2 atom stereocenters. The number of benzene rings is 1. The standard InChI is InChI=1S/C19H26ClN3O3/c1-26-16-6-5-14(20)10-15(16)23-17(24)7-9-22-18(25)19-8-3-2-4-13(19)11-21-12-19/h5-6,10,13,21H,2-4,7-9,11-12H2,1H3,(H,22,25)(H,23,24)/t13-,19+/m0/s1. The molecular weight excluding hydrogens is 354 g/mol. The molecule has 2 aliphatic rings. The number of amides is 2. The van der Waals surface area contributed by atoms with Gasteiger partial charge in [-0.25, -0.2) is 0 Å². The second-order valence-electron chi connectivity index (χ2n) is 7.13. The monoisotopic (exact) mass is 379 g/mol. The lowest BCUT2D eigenvalue weighted by Crippen LogP contribution is -2.48. The summed E-state index contributed by atoms with van der Waals surface area (Å²) in [5, 5.41) is 9.65. The zero-order valence-electron chi connectivity index (χ0n) is 15.1. The molecule has 2 amide bonds. The molecule has 1 aromatic carbocycles. The van der Waals surface area contributed by atoms with Crippen LogP contribution in [0.4, 0.5) is 5.69 Å². The van der Waals surface area contributed by atoms with Gasteiger partial charge in [-0.2, -0.15) is 0 Å². The molecule has 26 heavy (non-hydrogen) atoms. The van der Waals surface area contributed by atoms with Crippen LogP contribution in [0.15, 0.2) is 18.2 Å². The first-order chi connectivity index (χ1) is 12.5. The molecule has 1 aliphatic carbocycles. The number of hydrogen-bond acceptors (Lipinski definition) is 4. The fraction of sp³-hybridized carbons (Fsp3) is 0.579. The number of rotatable bonds is 6. The summed E-state index contributed by atoms with van der Waals surface area (Å²) in [6, 6.07) is 5.05. The summed E-state index contributed by atoms with van der Waals surface area (Å²) in [4.78, 5) is 25.0. The summed E-state index contributed by atoms with van der Waals surface area (Å²) in [5.41, 5.74) is 0.243. The molecule has 1 saturated heterocycles. The van der Waals surface area contributed by atoms with Crippen molar-refractivity contribution in [2.75, 3.05) is 32.1 Å². The number of hydrogen-bond donors (Lipinski definition) is 3. The molecule has 6 nitrogen and oxygen atoms in total. The van der Waals surface area contributed by atoms with Crippen LogP contribution in [0.1, 0.15) is 32.1 Å². The maximum absolute atomic E-state index is 12.8. The van der Waals surface area contributed by atoms with Gasteiger partial charge in [-0.3, -0.25) is 9.59 Å².